The Morgan fingerprint density at radius 2 is 0.831 bits per heavy atom. The van der Waals surface area contributed by atoms with Gasteiger partial charge in [-0.25, -0.2) is 0 Å². The minimum atomic E-state index is -0.0807. The predicted molar refractivity (Wildman–Crippen MR) is 248 cm³/mol. The molecule has 59 heavy (non-hydrogen) atoms. The molecule has 0 amide bonds. The van der Waals surface area contributed by atoms with Crippen molar-refractivity contribution in [3.8, 4) is 55.6 Å². The van der Waals surface area contributed by atoms with Gasteiger partial charge in [-0.15, -0.1) is 0 Å². The molecule has 0 saturated carbocycles. The van der Waals surface area contributed by atoms with Crippen molar-refractivity contribution in [3.05, 3.63) is 223 Å². The van der Waals surface area contributed by atoms with E-state index in [1.807, 2.05) is 6.07 Å². The van der Waals surface area contributed by atoms with Crippen LogP contribution >= 0.6 is 0 Å². The molecule has 1 aliphatic rings. The number of fused-ring (bicyclic) bond motifs is 6. The highest BCUT2D eigenvalue weighted by atomic mass is 16.3. The molecular formula is C57H41NO. The molecule has 0 bridgehead atoms. The Balaban J connectivity index is 1.02. The van der Waals surface area contributed by atoms with E-state index >= 15 is 0 Å². The maximum Gasteiger partial charge on any atom is 0.143 e. The van der Waals surface area contributed by atoms with E-state index in [4.69, 9.17) is 4.42 Å². The smallest absolute Gasteiger partial charge is 0.143 e. The van der Waals surface area contributed by atoms with Crippen LogP contribution in [0.25, 0.3) is 77.6 Å². The molecular weight excluding hydrogens is 715 g/mol. The molecule has 0 radical (unpaired) electrons. The predicted octanol–water partition coefficient (Wildman–Crippen LogP) is 16.0. The molecule has 0 spiro atoms. The Labute approximate surface area is 345 Å². The number of rotatable bonds is 7. The molecule has 0 aliphatic heterocycles. The number of hydrogen-bond acceptors (Lipinski definition) is 2. The van der Waals surface area contributed by atoms with Gasteiger partial charge in [0.15, 0.2) is 0 Å². The lowest BCUT2D eigenvalue weighted by Gasteiger charge is -2.26. The summed E-state index contributed by atoms with van der Waals surface area (Å²) in [6.07, 6.45) is 0. The van der Waals surface area contributed by atoms with Crippen LogP contribution in [0.2, 0.25) is 0 Å². The average Bonchev–Trinajstić information content (AvgIpc) is 3.79. The SMILES string of the molecule is CC1(C)c2ccccc2-c2ccc(-c3cc(-c4ccc(N(c5ccc(-c6ccccc6)cc5)c5ccc(-c6ccccc6)cc5)cc4)c4oc5ccccc5c4c3)cc21. The molecule has 10 aromatic rings. The van der Waals surface area contributed by atoms with Gasteiger partial charge in [-0.1, -0.05) is 166 Å². The topological polar surface area (TPSA) is 16.4 Å². The molecule has 0 N–H and O–H groups in total. The number of benzene rings is 9. The molecule has 1 aliphatic carbocycles. The monoisotopic (exact) mass is 755 g/mol. The van der Waals surface area contributed by atoms with E-state index in [2.05, 4.69) is 225 Å². The first kappa shape index (κ1) is 34.8. The van der Waals surface area contributed by atoms with Crippen LogP contribution in [-0.4, -0.2) is 0 Å². The van der Waals surface area contributed by atoms with Crippen molar-refractivity contribution in [1.82, 2.24) is 0 Å². The van der Waals surface area contributed by atoms with Crippen molar-refractivity contribution in [3.63, 3.8) is 0 Å². The molecule has 0 fully saturated rings. The maximum absolute atomic E-state index is 6.68. The van der Waals surface area contributed by atoms with Crippen LogP contribution in [0.5, 0.6) is 0 Å². The minimum absolute atomic E-state index is 0.0807. The van der Waals surface area contributed by atoms with Gasteiger partial charge in [0.1, 0.15) is 11.2 Å². The fraction of sp³-hybridized carbons (Fsp3) is 0.0526. The molecule has 0 unspecified atom stereocenters. The number of nitrogens with zero attached hydrogens (tertiary/aromatic N) is 1. The van der Waals surface area contributed by atoms with Gasteiger partial charge in [-0.2, -0.15) is 0 Å². The van der Waals surface area contributed by atoms with E-state index in [1.54, 1.807) is 0 Å². The van der Waals surface area contributed by atoms with Gasteiger partial charge in [0.25, 0.3) is 0 Å². The van der Waals surface area contributed by atoms with Gasteiger partial charge >= 0.3 is 0 Å². The summed E-state index contributed by atoms with van der Waals surface area (Å²) in [5.74, 6) is 0. The van der Waals surface area contributed by atoms with Gasteiger partial charge in [0.2, 0.25) is 0 Å². The van der Waals surface area contributed by atoms with Crippen LogP contribution < -0.4 is 4.90 Å². The van der Waals surface area contributed by atoms with E-state index < -0.39 is 0 Å². The molecule has 1 aromatic heterocycles. The van der Waals surface area contributed by atoms with E-state index in [-0.39, 0.29) is 5.41 Å². The zero-order valence-electron chi connectivity index (χ0n) is 33.1. The average molecular weight is 756 g/mol. The molecule has 1 heterocycles. The van der Waals surface area contributed by atoms with Crippen molar-refractivity contribution in [2.24, 2.45) is 0 Å². The third kappa shape index (κ3) is 5.96. The molecule has 280 valence electrons. The number of para-hydroxylation sites is 1. The van der Waals surface area contributed by atoms with E-state index in [9.17, 15) is 0 Å². The summed E-state index contributed by atoms with van der Waals surface area (Å²) < 4.78 is 6.68. The molecule has 0 atom stereocenters. The number of furan rings is 1. The second-order valence-electron chi connectivity index (χ2n) is 16.1. The standard InChI is InChI=1S/C57H41NO/c1-57(2)53-19-11-9-17-48(53)49-34-27-43(37-54(49)57)44-35-51(56-52(36-44)50-18-10-12-20-55(50)59-56)42-25-32-47(33-26-42)58(45-28-21-40(22-29-45)38-13-5-3-6-14-38)46-30-23-41(24-31-46)39-15-7-4-8-16-39/h3-37H,1-2H3. The van der Waals surface area contributed by atoms with Crippen LogP contribution in [0.15, 0.2) is 217 Å². The summed E-state index contributed by atoms with van der Waals surface area (Å²) >= 11 is 0. The fourth-order valence-corrected chi connectivity index (χ4v) is 9.20. The zero-order valence-corrected chi connectivity index (χ0v) is 33.1. The summed E-state index contributed by atoms with van der Waals surface area (Å²) in [6.45, 7) is 4.69. The van der Waals surface area contributed by atoms with Gasteiger partial charge in [0.05, 0.1) is 0 Å². The Bertz CT molecular complexity index is 3060. The fourth-order valence-electron chi connectivity index (χ4n) is 9.20. The van der Waals surface area contributed by atoms with Crippen LogP contribution in [0, 0.1) is 0 Å². The lowest BCUT2D eigenvalue weighted by Crippen LogP contribution is -2.14. The molecule has 11 rings (SSSR count). The van der Waals surface area contributed by atoms with Gasteiger partial charge in [0, 0.05) is 38.8 Å². The second-order valence-corrected chi connectivity index (χ2v) is 16.1. The highest BCUT2D eigenvalue weighted by Gasteiger charge is 2.35. The van der Waals surface area contributed by atoms with Crippen molar-refractivity contribution in [2.75, 3.05) is 4.90 Å². The lowest BCUT2D eigenvalue weighted by molar-refractivity contribution is 0.660. The Hall–Kier alpha value is -7.42. The van der Waals surface area contributed by atoms with E-state index in [0.29, 0.717) is 0 Å². The largest absolute Gasteiger partial charge is 0.455 e. The quantitative estimate of drug-likeness (QED) is 0.161. The zero-order chi connectivity index (χ0) is 39.5. The normalized spacial score (nSPS) is 12.7. The molecule has 9 aromatic carbocycles. The van der Waals surface area contributed by atoms with Crippen molar-refractivity contribution in [1.29, 1.82) is 0 Å². The third-order valence-electron chi connectivity index (χ3n) is 12.3. The van der Waals surface area contributed by atoms with Crippen LogP contribution in [0.4, 0.5) is 17.1 Å². The summed E-state index contributed by atoms with van der Waals surface area (Å²) in [6, 6.07) is 76.7. The van der Waals surface area contributed by atoms with E-state index in [0.717, 1.165) is 50.1 Å². The number of hydrogen-bond donors (Lipinski definition) is 0. The minimum Gasteiger partial charge on any atom is -0.455 e. The van der Waals surface area contributed by atoms with Gasteiger partial charge in [-0.3, -0.25) is 0 Å². The summed E-state index contributed by atoms with van der Waals surface area (Å²) in [5.41, 5.74) is 19.8. The molecule has 2 nitrogen and oxygen atoms in total. The van der Waals surface area contributed by atoms with Crippen LogP contribution in [0.1, 0.15) is 25.0 Å². The highest BCUT2D eigenvalue weighted by Crippen LogP contribution is 2.50. The second kappa shape index (κ2) is 13.9. The first-order valence-electron chi connectivity index (χ1n) is 20.4. The maximum atomic E-state index is 6.68. The lowest BCUT2D eigenvalue weighted by atomic mass is 9.81. The number of anilines is 3. The first-order valence-corrected chi connectivity index (χ1v) is 20.4. The Kier molecular flexibility index (Phi) is 8.20. The van der Waals surface area contributed by atoms with Crippen molar-refractivity contribution < 1.29 is 4.42 Å². The summed E-state index contributed by atoms with van der Waals surface area (Å²) in [7, 11) is 0. The van der Waals surface area contributed by atoms with Crippen molar-refractivity contribution in [2.45, 2.75) is 19.3 Å². The Morgan fingerprint density at radius 3 is 1.46 bits per heavy atom. The highest BCUT2D eigenvalue weighted by molar-refractivity contribution is 6.11. The Morgan fingerprint density at radius 1 is 0.339 bits per heavy atom. The molecule has 0 saturated heterocycles. The van der Waals surface area contributed by atoms with Crippen molar-refractivity contribution >= 4 is 39.0 Å². The summed E-state index contributed by atoms with van der Waals surface area (Å²) in [5, 5.41) is 2.25. The van der Waals surface area contributed by atoms with Gasteiger partial charge in [-0.05, 0) is 122 Å². The van der Waals surface area contributed by atoms with Crippen LogP contribution in [0.3, 0.4) is 0 Å². The van der Waals surface area contributed by atoms with Gasteiger partial charge < -0.3 is 9.32 Å². The molecule has 2 heteroatoms. The van der Waals surface area contributed by atoms with Crippen LogP contribution in [-0.2, 0) is 5.41 Å². The summed E-state index contributed by atoms with van der Waals surface area (Å²) in [4.78, 5) is 2.34. The first-order chi connectivity index (χ1) is 29.0. The third-order valence-corrected chi connectivity index (χ3v) is 12.3. The van der Waals surface area contributed by atoms with E-state index in [1.165, 1.54) is 55.6 Å².